The van der Waals surface area contributed by atoms with Crippen LogP contribution in [0.2, 0.25) is 0 Å². The Balaban J connectivity index is 1.54. The molecule has 7 nitrogen and oxygen atoms in total. The van der Waals surface area contributed by atoms with Crippen LogP contribution < -0.4 is 10.7 Å². The van der Waals surface area contributed by atoms with Gasteiger partial charge < -0.3 is 19.5 Å². The number of rotatable bonds is 11. The summed E-state index contributed by atoms with van der Waals surface area (Å²) in [6.07, 6.45) is 9.47. The first-order valence-corrected chi connectivity index (χ1v) is 16.3. The molecule has 0 bridgehead atoms. The number of thiazole rings is 1. The molecule has 41 heavy (non-hydrogen) atoms. The Morgan fingerprint density at radius 2 is 1.93 bits per heavy atom. The van der Waals surface area contributed by atoms with E-state index in [1.165, 1.54) is 24.8 Å². The molecule has 0 unspecified atom stereocenters. The molecule has 0 spiro atoms. The second kappa shape index (κ2) is 13.3. The number of pyridine rings is 1. The zero-order valence-electron chi connectivity index (χ0n) is 25.2. The monoisotopic (exact) mass is 575 g/mol. The normalized spacial score (nSPS) is 18.6. The first kappa shape index (κ1) is 29.5. The highest BCUT2D eigenvalue weighted by atomic mass is 32.1. The largest absolute Gasteiger partial charge is 0.357 e. The number of carbonyl (C=O) groups excluding carboxylic acids is 1. The number of benzene rings is 1. The summed E-state index contributed by atoms with van der Waals surface area (Å²) in [7, 11) is 0. The molecule has 1 N–H and O–H groups in total. The fourth-order valence-electron chi connectivity index (χ4n) is 6.15. The van der Waals surface area contributed by atoms with Crippen LogP contribution in [0.5, 0.6) is 0 Å². The minimum atomic E-state index is -0.134. The molecule has 0 aliphatic carbocycles. The van der Waals surface area contributed by atoms with Crippen LogP contribution in [0, 0.1) is 5.92 Å². The van der Waals surface area contributed by atoms with E-state index in [1.807, 2.05) is 12.1 Å². The molecule has 0 radical (unpaired) electrons. The number of amides is 1. The number of nitrogens with zero attached hydrogens (tertiary/aromatic N) is 4. The van der Waals surface area contributed by atoms with E-state index >= 15 is 0 Å². The van der Waals surface area contributed by atoms with E-state index in [2.05, 4.69) is 59.3 Å². The third-order valence-electron chi connectivity index (χ3n) is 8.34. The van der Waals surface area contributed by atoms with Crippen molar-refractivity contribution in [3.63, 3.8) is 0 Å². The average molecular weight is 576 g/mol. The number of carbonyl (C=O) groups is 1. The Morgan fingerprint density at radius 3 is 2.68 bits per heavy atom. The van der Waals surface area contributed by atoms with Crippen molar-refractivity contribution in [3.8, 4) is 0 Å². The maximum atomic E-state index is 14.1. The fraction of sp³-hybridized carbons (Fsp3) is 0.545. The summed E-state index contributed by atoms with van der Waals surface area (Å²) < 4.78 is 3.29. The summed E-state index contributed by atoms with van der Waals surface area (Å²) in [6, 6.07) is 8.25. The topological polar surface area (TPSA) is 69.4 Å². The summed E-state index contributed by atoms with van der Waals surface area (Å²) in [5.74, 6) is 1.57. The van der Waals surface area contributed by atoms with Gasteiger partial charge in [-0.2, -0.15) is 0 Å². The van der Waals surface area contributed by atoms with Gasteiger partial charge in [0.2, 0.25) is 11.3 Å². The molecule has 220 valence electrons. The van der Waals surface area contributed by atoms with E-state index in [4.69, 9.17) is 4.99 Å². The van der Waals surface area contributed by atoms with Gasteiger partial charge in [0.15, 0.2) is 0 Å². The average Bonchev–Trinajstić information content (AvgIpc) is 3.60. The first-order chi connectivity index (χ1) is 19.9. The van der Waals surface area contributed by atoms with Gasteiger partial charge in [0, 0.05) is 38.0 Å². The maximum Gasteiger partial charge on any atom is 0.225 e. The summed E-state index contributed by atoms with van der Waals surface area (Å²) in [5, 5.41) is 3.05. The lowest BCUT2D eigenvalue weighted by molar-refractivity contribution is -0.116. The number of anilines is 1. The zero-order chi connectivity index (χ0) is 28.9. The fourth-order valence-corrected chi connectivity index (χ4v) is 7.31. The van der Waals surface area contributed by atoms with Crippen molar-refractivity contribution in [1.29, 1.82) is 0 Å². The first-order valence-electron chi connectivity index (χ1n) is 15.5. The number of aromatic nitrogens is 1. The lowest BCUT2D eigenvalue weighted by Crippen LogP contribution is -2.29. The van der Waals surface area contributed by atoms with E-state index in [-0.39, 0.29) is 11.3 Å². The highest BCUT2D eigenvalue weighted by molar-refractivity contribution is 7.24. The number of aryl methyl sites for hydroxylation is 1. The minimum Gasteiger partial charge on any atom is -0.357 e. The number of hydrogen-bond acceptors (Lipinski definition) is 6. The SMILES string of the molecule is CCCN(CCCC(C)C)C1=C(/C)CCc2c(c(=O)c(NC(=O)CCN3CCCC3)c3sc4ccccc4n23)/C=N\1. The van der Waals surface area contributed by atoms with Gasteiger partial charge in [-0.05, 0) is 88.6 Å². The molecule has 1 amide bonds. The third kappa shape index (κ3) is 6.59. The van der Waals surface area contributed by atoms with Crippen LogP contribution >= 0.6 is 11.3 Å². The molecule has 0 saturated carbocycles. The van der Waals surface area contributed by atoms with Crippen molar-refractivity contribution >= 4 is 44.2 Å². The predicted molar refractivity (Wildman–Crippen MR) is 173 cm³/mol. The number of fused-ring (bicyclic) bond motifs is 5. The van der Waals surface area contributed by atoms with Gasteiger partial charge in [-0.3, -0.25) is 9.59 Å². The zero-order valence-corrected chi connectivity index (χ0v) is 26.0. The number of allylic oxidation sites excluding steroid dienone is 1. The second-order valence-corrected chi connectivity index (χ2v) is 13.0. The molecule has 2 aliphatic rings. The second-order valence-electron chi connectivity index (χ2n) is 12.0. The smallest absolute Gasteiger partial charge is 0.225 e. The van der Waals surface area contributed by atoms with E-state index in [1.54, 1.807) is 17.6 Å². The molecule has 8 heteroatoms. The predicted octanol–water partition coefficient (Wildman–Crippen LogP) is 6.68. The minimum absolute atomic E-state index is 0.105. The van der Waals surface area contributed by atoms with Crippen molar-refractivity contribution in [3.05, 3.63) is 57.1 Å². The lowest BCUT2D eigenvalue weighted by Gasteiger charge is -2.28. The Morgan fingerprint density at radius 1 is 1.15 bits per heavy atom. The van der Waals surface area contributed by atoms with Crippen molar-refractivity contribution in [1.82, 2.24) is 14.2 Å². The molecule has 1 fully saturated rings. The molecule has 2 aromatic heterocycles. The van der Waals surface area contributed by atoms with Gasteiger partial charge in [-0.1, -0.05) is 32.9 Å². The number of likely N-dealkylation sites (tertiary alicyclic amines) is 1. The number of para-hydroxylation sites is 1. The molecule has 5 rings (SSSR count). The number of nitrogens with one attached hydrogen (secondary N) is 1. The Hall–Kier alpha value is -2.97. The van der Waals surface area contributed by atoms with Crippen LogP contribution in [0.1, 0.15) is 83.9 Å². The van der Waals surface area contributed by atoms with Crippen LogP contribution in [0.25, 0.3) is 15.0 Å². The van der Waals surface area contributed by atoms with Crippen LogP contribution in [0.4, 0.5) is 5.69 Å². The van der Waals surface area contributed by atoms with E-state index in [0.717, 1.165) is 85.0 Å². The van der Waals surface area contributed by atoms with Crippen molar-refractivity contribution in [2.24, 2.45) is 10.9 Å². The summed E-state index contributed by atoms with van der Waals surface area (Å²) in [4.78, 5) is 37.8. The van der Waals surface area contributed by atoms with Crippen molar-refractivity contribution in [2.45, 2.75) is 79.1 Å². The van der Waals surface area contributed by atoms with E-state index in [9.17, 15) is 9.59 Å². The van der Waals surface area contributed by atoms with E-state index < -0.39 is 0 Å². The van der Waals surface area contributed by atoms with Crippen molar-refractivity contribution in [2.75, 3.05) is 38.0 Å². The quantitative estimate of drug-likeness (QED) is 0.277. The lowest BCUT2D eigenvalue weighted by atomic mass is 10.0. The van der Waals surface area contributed by atoms with Gasteiger partial charge >= 0.3 is 0 Å². The molecule has 2 aliphatic heterocycles. The van der Waals surface area contributed by atoms with Crippen molar-refractivity contribution < 1.29 is 4.79 Å². The highest BCUT2D eigenvalue weighted by Crippen LogP contribution is 2.34. The molecule has 1 saturated heterocycles. The molecule has 4 heterocycles. The highest BCUT2D eigenvalue weighted by Gasteiger charge is 2.24. The number of aliphatic imine (C=N–C) groups is 1. The third-order valence-corrected chi connectivity index (χ3v) is 9.48. The van der Waals surface area contributed by atoms with Crippen LogP contribution in [0.15, 0.2) is 45.4 Å². The van der Waals surface area contributed by atoms with Crippen LogP contribution in [0.3, 0.4) is 0 Å². The van der Waals surface area contributed by atoms with Crippen LogP contribution in [-0.4, -0.2) is 59.0 Å². The van der Waals surface area contributed by atoms with Gasteiger partial charge in [0.05, 0.1) is 15.8 Å². The van der Waals surface area contributed by atoms with Gasteiger partial charge in [0.25, 0.3) is 0 Å². The molecule has 1 aromatic carbocycles. The summed E-state index contributed by atoms with van der Waals surface area (Å²) >= 11 is 1.57. The van der Waals surface area contributed by atoms with Gasteiger partial charge in [0.1, 0.15) is 16.3 Å². The summed E-state index contributed by atoms with van der Waals surface area (Å²) in [5.41, 5.74) is 4.13. The summed E-state index contributed by atoms with van der Waals surface area (Å²) in [6.45, 7) is 13.7. The van der Waals surface area contributed by atoms with Gasteiger partial charge in [-0.25, -0.2) is 4.99 Å². The Kier molecular flexibility index (Phi) is 9.60. The van der Waals surface area contributed by atoms with Crippen LogP contribution in [-0.2, 0) is 11.2 Å². The molecule has 3 aromatic rings. The Bertz CT molecular complexity index is 1510. The molecular formula is C33H45N5O2S. The van der Waals surface area contributed by atoms with Gasteiger partial charge in [-0.15, -0.1) is 11.3 Å². The standard InChI is InChI=1S/C33H45N5O2S/c1-5-17-37(20-10-11-23(2)3)32-24(4)14-15-26-25(22-34-32)31(40)30(35-29(39)16-21-36-18-8-9-19-36)33-38(26)27-12-6-7-13-28(27)41-33/h6-7,12-13,22-23H,5,8-11,14-21H2,1-4H3,(H,35,39)/b32-24-,34-22-. The number of hydrogen-bond donors (Lipinski definition) is 1. The Labute approximate surface area is 247 Å². The molecular weight excluding hydrogens is 530 g/mol. The van der Waals surface area contributed by atoms with E-state index in [0.29, 0.717) is 23.6 Å². The molecule has 0 atom stereocenters. The maximum absolute atomic E-state index is 14.1.